The molecule has 2 bridgehead atoms. The van der Waals surface area contributed by atoms with Crippen molar-refractivity contribution in [3.05, 3.63) is 36.5 Å². The highest BCUT2D eigenvalue weighted by molar-refractivity contribution is 6.85. The van der Waals surface area contributed by atoms with Gasteiger partial charge in [-0.3, -0.25) is 38.4 Å². The molecule has 25 nitrogen and oxygen atoms in total. The predicted molar refractivity (Wildman–Crippen MR) is 555 cm³/mol. The molecule has 3 saturated carbocycles. The Balaban J connectivity index is -0.000000344. The molecule has 31 heteroatoms. The van der Waals surface area contributed by atoms with Crippen molar-refractivity contribution in [3.63, 3.8) is 0 Å². The fraction of sp³-hybridized carbons (Fsp3) is 0.833. The molecule has 782 valence electrons. The fourth-order valence-electron chi connectivity index (χ4n) is 12.7. The lowest BCUT2D eigenvalue weighted by atomic mass is 9.82. The molecule has 4 atom stereocenters. The SMILES string of the molecule is C1CC2C3CCC(C3)C2C1.C=C(C)C(=O)OCCOC(=O)C(C)(C)CC.C=C(C)C(=O)OCCOC(=O)C(C)(C)CC.C=C(C)C(=O)OCCOC(=O)C(C)(C)CC.CCC(C)(C)C(=O)OC.CCC(C)(C)C(=O)OC.CCC(C)(C)C(=O)OCCC[Si](C)(C)O[Si](C)(C)C.CCC(C)(C)C(=O)OCCC[Si](C)(C)O[Si](C)(C)C.CCC(C)(C)C(=O)OCCC[Si](C)(C)O[Si](C)(C)C. The fourth-order valence-corrected chi connectivity index (χ4v) is 36.8. The van der Waals surface area contributed by atoms with Gasteiger partial charge in [0.25, 0.3) is 0 Å². The summed E-state index contributed by atoms with van der Waals surface area (Å²) >= 11 is 0. The number of carbonyl (C=O) groups is 11. The number of hydrogen-bond donors (Lipinski definition) is 0. The van der Waals surface area contributed by atoms with Crippen molar-refractivity contribution in [1.82, 2.24) is 0 Å². The Morgan fingerprint density at radius 3 is 0.579 bits per heavy atom. The summed E-state index contributed by atoms with van der Waals surface area (Å²) in [6, 6.07) is 3.16. The van der Waals surface area contributed by atoms with Gasteiger partial charge in [0.05, 0.1) is 77.4 Å². The molecule has 3 aliphatic carbocycles. The molecule has 0 aromatic heterocycles. The molecule has 0 aromatic carbocycles. The van der Waals surface area contributed by atoms with Crippen LogP contribution in [0.4, 0.5) is 0 Å². The van der Waals surface area contributed by atoms with E-state index in [1.54, 1.807) is 59.3 Å². The van der Waals surface area contributed by atoms with Crippen LogP contribution in [-0.2, 0) is 117 Å². The van der Waals surface area contributed by atoms with Crippen LogP contribution in [-0.4, -0.2) is 189 Å². The summed E-state index contributed by atoms with van der Waals surface area (Å²) in [5, 5.41) is 0. The van der Waals surface area contributed by atoms with E-state index in [1.807, 2.05) is 166 Å². The maximum atomic E-state index is 11.8. The van der Waals surface area contributed by atoms with Gasteiger partial charge in [0.2, 0.25) is 0 Å². The number of hydrogen-bond acceptors (Lipinski definition) is 25. The molecule has 0 radical (unpaired) electrons. The molecule has 0 heterocycles. The van der Waals surface area contributed by atoms with Crippen molar-refractivity contribution >= 4 is 116 Å². The van der Waals surface area contributed by atoms with Crippen molar-refractivity contribution in [2.24, 2.45) is 67.0 Å². The van der Waals surface area contributed by atoms with Crippen molar-refractivity contribution in [3.8, 4) is 0 Å². The lowest BCUT2D eigenvalue weighted by Gasteiger charge is -2.31. The van der Waals surface area contributed by atoms with Gasteiger partial charge in [0.15, 0.2) is 49.9 Å². The maximum absolute atomic E-state index is 11.8. The molecule has 0 saturated heterocycles. The number of ether oxygens (including phenoxy) is 11. The van der Waals surface area contributed by atoms with E-state index < -0.39 is 84.1 Å². The van der Waals surface area contributed by atoms with Crippen LogP contribution < -0.4 is 0 Å². The van der Waals surface area contributed by atoms with Crippen LogP contribution >= 0.6 is 0 Å². The number of esters is 11. The Labute approximate surface area is 817 Å². The second-order valence-electron chi connectivity index (χ2n) is 45.3. The van der Waals surface area contributed by atoms with E-state index in [1.165, 1.54) is 37.9 Å². The molecule has 0 spiro atoms. The van der Waals surface area contributed by atoms with Crippen molar-refractivity contribution in [1.29, 1.82) is 0 Å². The molecular weight excluding hydrogens is 1790 g/mol. The van der Waals surface area contributed by atoms with Gasteiger partial charge in [-0.15, -0.1) is 0 Å². The van der Waals surface area contributed by atoms with Gasteiger partial charge in [-0.25, -0.2) is 14.4 Å². The van der Waals surface area contributed by atoms with Gasteiger partial charge in [0.1, 0.15) is 39.6 Å². The van der Waals surface area contributed by atoms with E-state index in [-0.39, 0.29) is 114 Å². The van der Waals surface area contributed by atoms with Crippen LogP contribution in [0.25, 0.3) is 0 Å². The Hall–Kier alpha value is -5.43. The Bertz CT molecular complexity index is 3150. The zero-order valence-corrected chi connectivity index (χ0v) is 99.1. The van der Waals surface area contributed by atoms with Crippen LogP contribution in [0.3, 0.4) is 0 Å². The Morgan fingerprint density at radius 1 is 0.263 bits per heavy atom. The van der Waals surface area contributed by atoms with Gasteiger partial charge in [-0.1, -0.05) is 81.5 Å². The Kier molecular flexibility index (Phi) is 67.3. The summed E-state index contributed by atoms with van der Waals surface area (Å²) in [4.78, 5) is 125. The van der Waals surface area contributed by atoms with Gasteiger partial charge >= 0.3 is 65.7 Å². The van der Waals surface area contributed by atoms with E-state index in [9.17, 15) is 52.7 Å². The van der Waals surface area contributed by atoms with Crippen LogP contribution in [0.5, 0.6) is 0 Å². The van der Waals surface area contributed by atoms with Gasteiger partial charge in [-0.2, -0.15) is 0 Å². The third-order valence-corrected chi connectivity index (χ3v) is 42.8. The minimum Gasteiger partial charge on any atom is -0.469 e. The second kappa shape index (κ2) is 64.7. The number of rotatable bonds is 46. The molecular formula is C102H200O25Si6. The normalized spacial score (nSPS) is 15.5. The first kappa shape index (κ1) is 138. The van der Waals surface area contributed by atoms with E-state index in [2.05, 4.69) is 127 Å². The zero-order chi connectivity index (χ0) is 106. The van der Waals surface area contributed by atoms with Crippen LogP contribution in [0.15, 0.2) is 36.5 Å². The summed E-state index contributed by atoms with van der Waals surface area (Å²) in [7, 11) is -6.32. The summed E-state index contributed by atoms with van der Waals surface area (Å²) in [6.07, 6.45) is 18.5. The van der Waals surface area contributed by atoms with E-state index >= 15 is 0 Å². The van der Waals surface area contributed by atoms with Crippen LogP contribution in [0, 0.1) is 67.0 Å². The van der Waals surface area contributed by atoms with Gasteiger partial charge < -0.3 is 64.5 Å². The quantitative estimate of drug-likeness (QED) is 0.0180. The largest absolute Gasteiger partial charge is 0.469 e. The molecule has 3 rings (SSSR count). The first-order valence-electron chi connectivity index (χ1n) is 48.9. The highest BCUT2D eigenvalue weighted by Gasteiger charge is 2.49. The zero-order valence-electron chi connectivity index (χ0n) is 93.1. The van der Waals surface area contributed by atoms with E-state index in [0.717, 1.165) is 69.5 Å². The van der Waals surface area contributed by atoms with Crippen molar-refractivity contribution in [2.75, 3.05) is 73.7 Å². The summed E-state index contributed by atoms with van der Waals surface area (Å²) in [5.74, 6) is 2.05. The van der Waals surface area contributed by atoms with Gasteiger partial charge in [-0.05, 0) is 374 Å². The van der Waals surface area contributed by atoms with Crippen LogP contribution in [0.1, 0.15) is 296 Å². The molecule has 0 N–H and O–H groups in total. The van der Waals surface area contributed by atoms with Gasteiger partial charge in [0, 0.05) is 16.7 Å². The maximum Gasteiger partial charge on any atom is 0.333 e. The van der Waals surface area contributed by atoms with Crippen molar-refractivity contribution in [2.45, 2.75) is 412 Å². The molecule has 0 amide bonds. The minimum absolute atomic E-state index is 0.0667. The van der Waals surface area contributed by atoms with Crippen molar-refractivity contribution < 1.29 is 117 Å². The average molecular weight is 2000 g/mol. The molecule has 4 unspecified atom stereocenters. The standard InChI is InChI=1S/3C14H32O3Si2.3C12H20O4.C10H16.2C7H14O2/c3*1-9-14(2,3)13(15)16-11-10-12-19(7,8)17-18(4,5)6;3*1-6-12(4,5)11(14)16-8-7-15-10(13)9(2)3;1-2-9-7-4-5-8(6-7)10(9)3-1;2*1-5-7(2,3)6(8)9-4/h3*9-12H2,1-8H3;3*2,6-8H2,1,3-5H3;7-10H,1-6H2;2*5H2,1-4H3. The molecule has 3 fully saturated rings. The minimum atomic E-state index is -1.59. The topological polar surface area (TPSA) is 317 Å². The number of carbonyl (C=O) groups excluding carboxylic acids is 11. The number of methoxy groups -OCH3 is 2. The predicted octanol–water partition coefficient (Wildman–Crippen LogP) is 25.5. The summed E-state index contributed by atoms with van der Waals surface area (Å²) in [6.45, 7) is 96.3. The Morgan fingerprint density at radius 2 is 0.429 bits per heavy atom. The molecule has 0 aliphatic heterocycles. The number of fused-ring (bicyclic) bond motifs is 5. The lowest BCUT2D eigenvalue weighted by Crippen LogP contribution is -2.42. The molecule has 3 aliphatic rings. The lowest BCUT2D eigenvalue weighted by molar-refractivity contribution is -0.158. The summed E-state index contributed by atoms with van der Waals surface area (Å²) < 4.78 is 73.3. The van der Waals surface area contributed by atoms with E-state index in [0.29, 0.717) is 55.8 Å². The average Bonchev–Trinajstić information content (AvgIpc) is 1.62. The first-order valence-corrected chi connectivity index (χ1v) is 68.5. The highest BCUT2D eigenvalue weighted by Crippen LogP contribution is 2.58. The molecule has 0 aromatic rings. The third-order valence-electron chi connectivity index (χ3n) is 24.1. The second-order valence-corrected chi connectivity index (χ2v) is 72.5. The smallest absolute Gasteiger partial charge is 0.333 e. The monoisotopic (exact) mass is 1990 g/mol. The molecule has 133 heavy (non-hydrogen) atoms. The van der Waals surface area contributed by atoms with Crippen LogP contribution in [0.2, 0.25) is 116 Å². The third kappa shape index (κ3) is 66.0. The highest BCUT2D eigenvalue weighted by atomic mass is 28.4. The van der Waals surface area contributed by atoms with E-state index in [4.69, 9.17) is 55.0 Å². The first-order chi connectivity index (χ1) is 60.1. The summed E-state index contributed by atoms with van der Waals surface area (Å²) in [5.41, 5.74) is -2.16.